The minimum absolute atomic E-state index is 0.146. The van der Waals surface area contributed by atoms with Gasteiger partial charge in [0.2, 0.25) is 0 Å². The highest BCUT2D eigenvalue weighted by molar-refractivity contribution is 9.10. The van der Waals surface area contributed by atoms with Crippen LogP contribution in [-0.2, 0) is 0 Å². The van der Waals surface area contributed by atoms with Gasteiger partial charge in [-0.25, -0.2) is 0 Å². The van der Waals surface area contributed by atoms with Crippen molar-refractivity contribution in [1.29, 1.82) is 0 Å². The van der Waals surface area contributed by atoms with E-state index in [1.807, 2.05) is 43.5 Å². The van der Waals surface area contributed by atoms with Crippen molar-refractivity contribution in [2.45, 2.75) is 11.8 Å². The molecule has 104 valence electrons. The molecule has 0 aliphatic heterocycles. The van der Waals surface area contributed by atoms with E-state index in [-0.39, 0.29) is 5.91 Å². The van der Waals surface area contributed by atoms with Gasteiger partial charge in [0.25, 0.3) is 5.91 Å². The second kappa shape index (κ2) is 6.33. The number of rotatable bonds is 3. The molecule has 0 unspecified atom stereocenters. The molecular formula is C15H15BrN2OS. The number of benzene rings is 2. The predicted molar refractivity (Wildman–Crippen MR) is 89.5 cm³/mol. The molecule has 0 heterocycles. The maximum atomic E-state index is 12.4. The van der Waals surface area contributed by atoms with Crippen LogP contribution >= 0.6 is 27.7 Å². The summed E-state index contributed by atoms with van der Waals surface area (Å²) >= 11 is 4.93. The average Bonchev–Trinajstić information content (AvgIpc) is 2.42. The molecule has 5 heteroatoms. The maximum Gasteiger partial charge on any atom is 0.256 e. The summed E-state index contributed by atoms with van der Waals surface area (Å²) in [7, 11) is 0. The lowest BCUT2D eigenvalue weighted by Gasteiger charge is -2.13. The van der Waals surface area contributed by atoms with E-state index in [4.69, 9.17) is 5.73 Å². The fourth-order valence-corrected chi connectivity index (χ4v) is 3.14. The first-order valence-corrected chi connectivity index (χ1v) is 8.04. The summed E-state index contributed by atoms with van der Waals surface area (Å²) in [5, 5.41) is 2.90. The lowest BCUT2D eigenvalue weighted by atomic mass is 10.1. The van der Waals surface area contributed by atoms with Crippen LogP contribution in [0, 0.1) is 6.92 Å². The molecule has 0 radical (unpaired) electrons. The van der Waals surface area contributed by atoms with Gasteiger partial charge in [0, 0.05) is 9.37 Å². The van der Waals surface area contributed by atoms with Crippen LogP contribution in [0.3, 0.4) is 0 Å². The number of aryl methyl sites for hydroxylation is 1. The molecule has 0 spiro atoms. The van der Waals surface area contributed by atoms with Crippen LogP contribution in [0.5, 0.6) is 0 Å². The van der Waals surface area contributed by atoms with Gasteiger partial charge in [-0.2, -0.15) is 0 Å². The molecule has 0 atom stereocenters. The van der Waals surface area contributed by atoms with Gasteiger partial charge in [-0.15, -0.1) is 11.8 Å². The Morgan fingerprint density at radius 1 is 1.30 bits per heavy atom. The van der Waals surface area contributed by atoms with Gasteiger partial charge < -0.3 is 11.1 Å². The number of thioether (sulfide) groups is 1. The molecule has 2 rings (SSSR count). The Hall–Kier alpha value is -1.46. The average molecular weight is 351 g/mol. The summed E-state index contributed by atoms with van der Waals surface area (Å²) in [6.07, 6.45) is 1.95. The van der Waals surface area contributed by atoms with Crippen LogP contribution in [0.2, 0.25) is 0 Å². The van der Waals surface area contributed by atoms with Crippen molar-refractivity contribution in [2.24, 2.45) is 0 Å². The molecule has 0 aliphatic carbocycles. The molecule has 2 aromatic rings. The number of anilines is 2. The number of halogens is 1. The summed E-state index contributed by atoms with van der Waals surface area (Å²) < 4.78 is 0.898. The molecule has 20 heavy (non-hydrogen) atoms. The number of amides is 1. The van der Waals surface area contributed by atoms with Gasteiger partial charge in [-0.05, 0) is 43.0 Å². The zero-order valence-corrected chi connectivity index (χ0v) is 13.6. The van der Waals surface area contributed by atoms with Crippen LogP contribution in [0.4, 0.5) is 11.4 Å². The monoisotopic (exact) mass is 350 g/mol. The van der Waals surface area contributed by atoms with Gasteiger partial charge >= 0.3 is 0 Å². The Morgan fingerprint density at radius 2 is 2.00 bits per heavy atom. The van der Waals surface area contributed by atoms with E-state index in [2.05, 4.69) is 21.2 Å². The summed E-state index contributed by atoms with van der Waals surface area (Å²) in [6.45, 7) is 1.91. The van der Waals surface area contributed by atoms with E-state index in [0.29, 0.717) is 16.9 Å². The maximum absolute atomic E-state index is 12.4. The van der Waals surface area contributed by atoms with Crippen LogP contribution in [0.1, 0.15) is 15.9 Å². The minimum Gasteiger partial charge on any atom is -0.397 e. The van der Waals surface area contributed by atoms with E-state index in [9.17, 15) is 4.79 Å². The number of hydrogen-bond acceptors (Lipinski definition) is 3. The van der Waals surface area contributed by atoms with Gasteiger partial charge in [0.1, 0.15) is 0 Å². The molecular weight excluding hydrogens is 336 g/mol. The lowest BCUT2D eigenvalue weighted by molar-refractivity contribution is 0.102. The topological polar surface area (TPSA) is 55.1 Å². The first-order chi connectivity index (χ1) is 9.52. The molecule has 2 aromatic carbocycles. The first kappa shape index (κ1) is 14.9. The van der Waals surface area contributed by atoms with Gasteiger partial charge in [-0.3, -0.25) is 4.79 Å². The Labute approximate surface area is 131 Å². The number of nitrogen functional groups attached to an aromatic ring is 1. The zero-order chi connectivity index (χ0) is 14.7. The lowest BCUT2D eigenvalue weighted by Crippen LogP contribution is -2.15. The van der Waals surface area contributed by atoms with E-state index in [1.165, 1.54) is 0 Å². The molecule has 0 fully saturated rings. The fraction of sp³-hybridized carbons (Fsp3) is 0.133. The molecule has 3 nitrogen and oxygen atoms in total. The first-order valence-electron chi connectivity index (χ1n) is 6.03. The molecule has 0 aromatic heterocycles. The number of carbonyl (C=O) groups is 1. The van der Waals surface area contributed by atoms with Crippen LogP contribution in [0.15, 0.2) is 45.8 Å². The molecule has 0 aliphatic rings. The Balaban J connectivity index is 2.33. The highest BCUT2D eigenvalue weighted by atomic mass is 79.9. The third-order valence-electron chi connectivity index (χ3n) is 2.92. The van der Waals surface area contributed by atoms with Crippen molar-refractivity contribution in [3.8, 4) is 0 Å². The molecule has 1 amide bonds. The molecule has 3 N–H and O–H groups in total. The van der Waals surface area contributed by atoms with Crippen molar-refractivity contribution in [3.05, 3.63) is 52.0 Å². The molecule has 0 saturated heterocycles. The Kier molecular flexibility index (Phi) is 4.73. The SMILES string of the molecule is CSc1ccccc1C(=O)Nc1c(C)cc(Br)cc1N. The largest absolute Gasteiger partial charge is 0.397 e. The summed E-state index contributed by atoms with van der Waals surface area (Å²) in [4.78, 5) is 13.3. The van der Waals surface area contributed by atoms with Gasteiger partial charge in [0.15, 0.2) is 0 Å². The zero-order valence-electron chi connectivity index (χ0n) is 11.2. The van der Waals surface area contributed by atoms with Crippen LogP contribution in [0.25, 0.3) is 0 Å². The second-order valence-corrected chi connectivity index (χ2v) is 6.11. The predicted octanol–water partition coefficient (Wildman–Crippen LogP) is 4.31. The Morgan fingerprint density at radius 3 is 2.65 bits per heavy atom. The van der Waals surface area contributed by atoms with E-state index < -0.39 is 0 Å². The van der Waals surface area contributed by atoms with Crippen molar-refractivity contribution >= 4 is 45.0 Å². The van der Waals surface area contributed by atoms with Gasteiger partial charge in [-0.1, -0.05) is 28.1 Å². The number of carbonyl (C=O) groups excluding carboxylic acids is 1. The highest BCUT2D eigenvalue weighted by Gasteiger charge is 2.13. The van der Waals surface area contributed by atoms with Crippen LogP contribution in [-0.4, -0.2) is 12.2 Å². The van der Waals surface area contributed by atoms with E-state index >= 15 is 0 Å². The number of hydrogen-bond donors (Lipinski definition) is 2. The summed E-state index contributed by atoms with van der Waals surface area (Å²) in [5.74, 6) is -0.146. The Bertz CT molecular complexity index is 635. The number of nitrogens with two attached hydrogens (primary N) is 1. The molecule has 0 saturated carbocycles. The molecule has 0 bridgehead atoms. The third-order valence-corrected chi connectivity index (χ3v) is 4.17. The summed E-state index contributed by atoms with van der Waals surface area (Å²) in [6, 6.07) is 11.2. The van der Waals surface area contributed by atoms with Crippen molar-refractivity contribution in [1.82, 2.24) is 0 Å². The normalized spacial score (nSPS) is 10.3. The van der Waals surface area contributed by atoms with Crippen molar-refractivity contribution in [2.75, 3.05) is 17.3 Å². The van der Waals surface area contributed by atoms with Gasteiger partial charge in [0.05, 0.1) is 16.9 Å². The van der Waals surface area contributed by atoms with E-state index in [1.54, 1.807) is 17.8 Å². The third kappa shape index (κ3) is 3.16. The quantitative estimate of drug-likeness (QED) is 0.640. The standard InChI is InChI=1S/C15H15BrN2OS/c1-9-7-10(16)8-12(17)14(9)18-15(19)11-5-3-4-6-13(11)20-2/h3-8H,17H2,1-2H3,(H,18,19). The van der Waals surface area contributed by atoms with Crippen molar-refractivity contribution in [3.63, 3.8) is 0 Å². The summed E-state index contributed by atoms with van der Waals surface area (Å²) in [5.41, 5.74) is 8.76. The second-order valence-electron chi connectivity index (χ2n) is 4.34. The van der Waals surface area contributed by atoms with Crippen LogP contribution < -0.4 is 11.1 Å². The highest BCUT2D eigenvalue weighted by Crippen LogP contribution is 2.29. The van der Waals surface area contributed by atoms with Crippen molar-refractivity contribution < 1.29 is 4.79 Å². The smallest absolute Gasteiger partial charge is 0.256 e. The minimum atomic E-state index is -0.146. The fourth-order valence-electron chi connectivity index (χ4n) is 1.95. The number of nitrogens with one attached hydrogen (secondary N) is 1. The van der Waals surface area contributed by atoms with E-state index in [0.717, 1.165) is 14.9 Å².